The Kier molecular flexibility index (Phi) is 6.78. The van der Waals surface area contributed by atoms with E-state index in [9.17, 15) is 26.4 Å². The van der Waals surface area contributed by atoms with Gasteiger partial charge in [-0.2, -0.15) is 13.2 Å². The van der Waals surface area contributed by atoms with E-state index in [1.54, 1.807) is 6.92 Å². The third-order valence-corrected chi connectivity index (χ3v) is 5.30. The highest BCUT2D eigenvalue weighted by atomic mass is 32.2. The highest BCUT2D eigenvalue weighted by Crippen LogP contribution is 2.30. The molecule has 2 rings (SSSR count). The maximum Gasteiger partial charge on any atom is 0.416 e. The van der Waals surface area contributed by atoms with E-state index in [4.69, 9.17) is 4.74 Å². The number of carbonyl (C=O) groups excluding carboxylic acids is 1. The van der Waals surface area contributed by atoms with Crippen LogP contribution in [0.25, 0.3) is 0 Å². The van der Waals surface area contributed by atoms with Crippen LogP contribution in [0, 0.1) is 0 Å². The molecule has 10 heteroatoms. The Morgan fingerprint density at radius 1 is 1.17 bits per heavy atom. The molecule has 2 aromatic carbocycles. The van der Waals surface area contributed by atoms with Crippen molar-refractivity contribution in [2.45, 2.75) is 25.6 Å². The summed E-state index contributed by atoms with van der Waals surface area (Å²) in [5.74, 6) is -0.272. The standard InChI is InChI=1S/C19H21F3N2O4S/c1-4-17(18(25)23-14-7-5-6-13(12-14)19(20,21)22)28-16-10-8-15(9-11-16)24(2)29(3,26)27/h5-12,17H,4H2,1-3H3,(H,23,25). The van der Waals surface area contributed by atoms with Crippen LogP contribution >= 0.6 is 0 Å². The van der Waals surface area contributed by atoms with Gasteiger partial charge in [-0.3, -0.25) is 9.10 Å². The minimum atomic E-state index is -4.51. The fourth-order valence-electron chi connectivity index (χ4n) is 2.41. The smallest absolute Gasteiger partial charge is 0.416 e. The fraction of sp³-hybridized carbons (Fsp3) is 0.316. The molecule has 6 nitrogen and oxygen atoms in total. The number of carbonyl (C=O) groups is 1. The Labute approximate surface area is 167 Å². The monoisotopic (exact) mass is 430 g/mol. The molecule has 0 aromatic heterocycles. The molecule has 0 radical (unpaired) electrons. The Bertz CT molecular complexity index is 960. The predicted octanol–water partition coefficient (Wildman–Crippen LogP) is 3.90. The van der Waals surface area contributed by atoms with E-state index in [0.29, 0.717) is 11.4 Å². The van der Waals surface area contributed by atoms with E-state index in [-0.39, 0.29) is 12.1 Å². The van der Waals surface area contributed by atoms with Gasteiger partial charge in [-0.1, -0.05) is 13.0 Å². The second kappa shape index (κ2) is 8.73. The average Bonchev–Trinajstić information content (AvgIpc) is 2.64. The Morgan fingerprint density at radius 3 is 2.31 bits per heavy atom. The maximum absolute atomic E-state index is 12.8. The van der Waals surface area contributed by atoms with Crippen molar-refractivity contribution in [1.82, 2.24) is 0 Å². The summed E-state index contributed by atoms with van der Waals surface area (Å²) in [6, 6.07) is 10.4. The molecule has 0 aliphatic carbocycles. The van der Waals surface area contributed by atoms with Gasteiger partial charge in [-0.15, -0.1) is 0 Å². The number of rotatable bonds is 7. The van der Waals surface area contributed by atoms with E-state index in [2.05, 4.69) is 5.32 Å². The van der Waals surface area contributed by atoms with Crippen LogP contribution in [-0.4, -0.2) is 33.7 Å². The van der Waals surface area contributed by atoms with Gasteiger partial charge in [-0.05, 0) is 48.9 Å². The first-order valence-corrected chi connectivity index (χ1v) is 10.5. The average molecular weight is 430 g/mol. The number of hydrogen-bond acceptors (Lipinski definition) is 4. The number of nitrogens with zero attached hydrogens (tertiary/aromatic N) is 1. The lowest BCUT2D eigenvalue weighted by molar-refractivity contribution is -0.137. The molecule has 29 heavy (non-hydrogen) atoms. The van der Waals surface area contributed by atoms with Gasteiger partial charge in [0.1, 0.15) is 5.75 Å². The zero-order chi connectivity index (χ0) is 21.8. The molecule has 0 spiro atoms. The highest BCUT2D eigenvalue weighted by Gasteiger charge is 2.30. The molecule has 1 N–H and O–H groups in total. The minimum Gasteiger partial charge on any atom is -0.481 e. The van der Waals surface area contributed by atoms with E-state index < -0.39 is 33.8 Å². The minimum absolute atomic E-state index is 0.0111. The maximum atomic E-state index is 12.8. The number of ether oxygens (including phenoxy) is 1. The number of sulfonamides is 1. The summed E-state index contributed by atoms with van der Waals surface area (Å²) >= 11 is 0. The van der Waals surface area contributed by atoms with Gasteiger partial charge in [0.2, 0.25) is 10.0 Å². The van der Waals surface area contributed by atoms with Gasteiger partial charge in [-0.25, -0.2) is 8.42 Å². The van der Waals surface area contributed by atoms with Crippen molar-refractivity contribution in [3.05, 3.63) is 54.1 Å². The molecule has 2 aromatic rings. The molecule has 0 fully saturated rings. The lowest BCUT2D eigenvalue weighted by atomic mass is 10.2. The highest BCUT2D eigenvalue weighted by molar-refractivity contribution is 7.92. The normalized spacial score (nSPS) is 12.9. The molecule has 158 valence electrons. The quantitative estimate of drug-likeness (QED) is 0.723. The lowest BCUT2D eigenvalue weighted by Crippen LogP contribution is -2.32. The van der Waals surface area contributed by atoms with Crippen LogP contribution in [0.15, 0.2) is 48.5 Å². The Balaban J connectivity index is 2.09. The van der Waals surface area contributed by atoms with Crippen molar-refractivity contribution in [1.29, 1.82) is 0 Å². The first kappa shape index (κ1) is 22.5. The van der Waals surface area contributed by atoms with Crippen LogP contribution in [0.5, 0.6) is 5.75 Å². The Morgan fingerprint density at radius 2 is 1.79 bits per heavy atom. The summed E-state index contributed by atoms with van der Waals surface area (Å²) in [4.78, 5) is 12.4. The van der Waals surface area contributed by atoms with Gasteiger partial charge in [0, 0.05) is 12.7 Å². The molecule has 0 saturated heterocycles. The van der Waals surface area contributed by atoms with Gasteiger partial charge in [0.25, 0.3) is 5.91 Å². The number of anilines is 2. The molecule has 0 saturated carbocycles. The van der Waals surface area contributed by atoms with Crippen LogP contribution in [-0.2, 0) is 21.0 Å². The third kappa shape index (κ3) is 6.11. The molecule has 0 heterocycles. The van der Waals surface area contributed by atoms with Gasteiger partial charge in [0.05, 0.1) is 17.5 Å². The van der Waals surface area contributed by atoms with Crippen molar-refractivity contribution in [2.75, 3.05) is 22.9 Å². The van der Waals surface area contributed by atoms with Crippen molar-refractivity contribution < 1.29 is 31.1 Å². The van der Waals surface area contributed by atoms with E-state index >= 15 is 0 Å². The summed E-state index contributed by atoms with van der Waals surface area (Å²) in [6.45, 7) is 1.70. The molecule has 1 unspecified atom stereocenters. The summed E-state index contributed by atoms with van der Waals surface area (Å²) in [7, 11) is -2.00. The first-order chi connectivity index (χ1) is 13.4. The van der Waals surface area contributed by atoms with Crippen LogP contribution in [0.3, 0.4) is 0 Å². The van der Waals surface area contributed by atoms with Crippen molar-refractivity contribution in [2.24, 2.45) is 0 Å². The van der Waals surface area contributed by atoms with Gasteiger partial charge < -0.3 is 10.1 Å². The predicted molar refractivity (Wildman–Crippen MR) is 104 cm³/mol. The number of benzene rings is 2. The van der Waals surface area contributed by atoms with Gasteiger partial charge in [0.15, 0.2) is 6.10 Å². The molecule has 0 aliphatic heterocycles. The third-order valence-electron chi connectivity index (χ3n) is 4.10. The first-order valence-electron chi connectivity index (χ1n) is 8.60. The number of amides is 1. The SMILES string of the molecule is CCC(Oc1ccc(N(C)S(C)(=O)=O)cc1)C(=O)Nc1cccc(C(F)(F)F)c1. The fourth-order valence-corrected chi connectivity index (χ4v) is 2.91. The summed E-state index contributed by atoms with van der Waals surface area (Å²) in [5, 5.41) is 2.42. The van der Waals surface area contributed by atoms with Gasteiger partial charge >= 0.3 is 6.18 Å². The molecule has 0 bridgehead atoms. The summed E-state index contributed by atoms with van der Waals surface area (Å²) < 4.78 is 68.2. The summed E-state index contributed by atoms with van der Waals surface area (Å²) in [5.41, 5.74) is -0.437. The van der Waals surface area contributed by atoms with Crippen LogP contribution in [0.4, 0.5) is 24.5 Å². The topological polar surface area (TPSA) is 75.7 Å². The van der Waals surface area contributed by atoms with Crippen molar-refractivity contribution in [3.63, 3.8) is 0 Å². The second-order valence-corrected chi connectivity index (χ2v) is 8.32. The number of alkyl halides is 3. The molecular formula is C19H21F3N2O4S. The van der Waals surface area contributed by atoms with E-state index in [1.807, 2.05) is 0 Å². The van der Waals surface area contributed by atoms with Crippen LogP contribution < -0.4 is 14.4 Å². The second-order valence-electron chi connectivity index (χ2n) is 6.31. The summed E-state index contributed by atoms with van der Waals surface area (Å²) in [6.07, 6.45) is -4.11. The number of nitrogens with one attached hydrogen (secondary N) is 1. The molecule has 1 atom stereocenters. The largest absolute Gasteiger partial charge is 0.481 e. The lowest BCUT2D eigenvalue weighted by Gasteiger charge is -2.19. The van der Waals surface area contributed by atoms with E-state index in [0.717, 1.165) is 22.7 Å². The van der Waals surface area contributed by atoms with Crippen LogP contribution in [0.2, 0.25) is 0 Å². The number of hydrogen-bond donors (Lipinski definition) is 1. The molecular weight excluding hydrogens is 409 g/mol. The van der Waals surface area contributed by atoms with Crippen molar-refractivity contribution in [3.8, 4) is 5.75 Å². The van der Waals surface area contributed by atoms with Crippen molar-refractivity contribution >= 4 is 27.3 Å². The van der Waals surface area contributed by atoms with Crippen LogP contribution in [0.1, 0.15) is 18.9 Å². The number of halogens is 3. The van der Waals surface area contributed by atoms with E-state index in [1.165, 1.54) is 43.4 Å². The zero-order valence-corrected chi connectivity index (χ0v) is 16.8. The molecule has 1 amide bonds. The molecule has 0 aliphatic rings. The zero-order valence-electron chi connectivity index (χ0n) is 16.0. The Hall–Kier alpha value is -2.75.